The standard InChI is InChI=1S/C17H27N3O3/c1-12(2)14(20-16(22)23-17(3,4)5)15(21)19-10-8-13-7-6-9-18-11-13/h6-7,9,11-12,14H,8,10H2,1-5H3,(H,19,21)(H,20,22). The summed E-state index contributed by atoms with van der Waals surface area (Å²) in [7, 11) is 0. The number of carbonyl (C=O) groups is 2. The van der Waals surface area contributed by atoms with Crippen LogP contribution in [0, 0.1) is 5.92 Å². The molecule has 0 saturated carbocycles. The zero-order valence-corrected chi connectivity index (χ0v) is 14.6. The second kappa shape index (κ2) is 8.50. The maximum absolute atomic E-state index is 12.3. The van der Waals surface area contributed by atoms with E-state index < -0.39 is 17.7 Å². The minimum absolute atomic E-state index is 0.0408. The number of nitrogens with zero attached hydrogens (tertiary/aromatic N) is 1. The fourth-order valence-corrected chi connectivity index (χ4v) is 1.96. The van der Waals surface area contributed by atoms with E-state index in [0.29, 0.717) is 13.0 Å². The lowest BCUT2D eigenvalue weighted by Gasteiger charge is -2.25. The number of hydrogen-bond donors (Lipinski definition) is 2. The molecule has 23 heavy (non-hydrogen) atoms. The van der Waals surface area contributed by atoms with Crippen molar-refractivity contribution in [2.75, 3.05) is 6.54 Å². The first-order chi connectivity index (χ1) is 10.7. The highest BCUT2D eigenvalue weighted by Crippen LogP contribution is 2.09. The summed E-state index contributed by atoms with van der Waals surface area (Å²) < 4.78 is 5.20. The molecule has 1 atom stereocenters. The summed E-state index contributed by atoms with van der Waals surface area (Å²) in [5.41, 5.74) is 0.455. The van der Waals surface area contributed by atoms with Crippen molar-refractivity contribution in [2.24, 2.45) is 5.92 Å². The van der Waals surface area contributed by atoms with E-state index in [1.54, 1.807) is 33.2 Å². The molecule has 0 bridgehead atoms. The average Bonchev–Trinajstić information content (AvgIpc) is 2.43. The van der Waals surface area contributed by atoms with Gasteiger partial charge in [-0.3, -0.25) is 9.78 Å². The lowest BCUT2D eigenvalue weighted by atomic mass is 10.0. The van der Waals surface area contributed by atoms with E-state index >= 15 is 0 Å². The van der Waals surface area contributed by atoms with E-state index in [0.717, 1.165) is 5.56 Å². The van der Waals surface area contributed by atoms with Gasteiger partial charge in [0.25, 0.3) is 0 Å². The van der Waals surface area contributed by atoms with Crippen molar-refractivity contribution < 1.29 is 14.3 Å². The first kappa shape index (κ1) is 18.9. The molecule has 2 amide bonds. The first-order valence-corrected chi connectivity index (χ1v) is 7.85. The number of rotatable bonds is 6. The molecule has 0 aliphatic carbocycles. The summed E-state index contributed by atoms with van der Waals surface area (Å²) >= 11 is 0. The van der Waals surface area contributed by atoms with Gasteiger partial charge < -0.3 is 15.4 Å². The molecule has 1 unspecified atom stereocenters. The van der Waals surface area contributed by atoms with Gasteiger partial charge in [-0.1, -0.05) is 19.9 Å². The predicted molar refractivity (Wildman–Crippen MR) is 88.9 cm³/mol. The summed E-state index contributed by atoms with van der Waals surface area (Å²) in [6.07, 6.45) is 3.59. The molecule has 1 rings (SSSR count). The van der Waals surface area contributed by atoms with Crippen LogP contribution in [-0.2, 0) is 16.0 Å². The molecule has 0 aliphatic heterocycles. The lowest BCUT2D eigenvalue weighted by molar-refractivity contribution is -0.124. The van der Waals surface area contributed by atoms with Gasteiger partial charge in [0.15, 0.2) is 0 Å². The predicted octanol–water partition coefficient (Wildman–Crippen LogP) is 2.29. The number of nitrogens with one attached hydrogen (secondary N) is 2. The van der Waals surface area contributed by atoms with Crippen molar-refractivity contribution >= 4 is 12.0 Å². The Kier molecular flexibility index (Phi) is 7.00. The van der Waals surface area contributed by atoms with Gasteiger partial charge in [0.1, 0.15) is 11.6 Å². The van der Waals surface area contributed by atoms with Crippen LogP contribution in [0.2, 0.25) is 0 Å². The molecule has 1 aromatic rings. The topological polar surface area (TPSA) is 80.3 Å². The van der Waals surface area contributed by atoms with Gasteiger partial charge in [-0.2, -0.15) is 0 Å². The van der Waals surface area contributed by atoms with E-state index in [4.69, 9.17) is 4.74 Å². The Morgan fingerprint density at radius 3 is 2.52 bits per heavy atom. The Hall–Kier alpha value is -2.11. The second-order valence-corrected chi connectivity index (χ2v) is 6.77. The molecule has 0 aliphatic rings. The number of ether oxygens (including phenoxy) is 1. The number of amides is 2. The smallest absolute Gasteiger partial charge is 0.408 e. The molecule has 0 radical (unpaired) electrons. The molecule has 0 fully saturated rings. The quantitative estimate of drug-likeness (QED) is 0.842. The van der Waals surface area contributed by atoms with E-state index in [-0.39, 0.29) is 11.8 Å². The zero-order chi connectivity index (χ0) is 17.5. The van der Waals surface area contributed by atoms with Crippen LogP contribution in [0.5, 0.6) is 0 Å². The summed E-state index contributed by atoms with van der Waals surface area (Å²) in [5, 5.41) is 5.48. The minimum atomic E-state index is -0.626. The third-order valence-corrected chi connectivity index (χ3v) is 3.06. The third kappa shape index (κ3) is 7.63. The van der Waals surface area contributed by atoms with Crippen molar-refractivity contribution in [1.82, 2.24) is 15.6 Å². The number of alkyl carbamates (subject to hydrolysis) is 1. The number of carbonyl (C=O) groups excluding carboxylic acids is 2. The van der Waals surface area contributed by atoms with Crippen LogP contribution in [-0.4, -0.2) is 35.2 Å². The SMILES string of the molecule is CC(C)C(NC(=O)OC(C)(C)C)C(=O)NCCc1cccnc1. The fourth-order valence-electron chi connectivity index (χ4n) is 1.96. The van der Waals surface area contributed by atoms with E-state index in [9.17, 15) is 9.59 Å². The zero-order valence-electron chi connectivity index (χ0n) is 14.6. The van der Waals surface area contributed by atoms with E-state index in [2.05, 4.69) is 15.6 Å². The fraction of sp³-hybridized carbons (Fsp3) is 0.588. The maximum atomic E-state index is 12.3. The van der Waals surface area contributed by atoms with Gasteiger partial charge >= 0.3 is 6.09 Å². The highest BCUT2D eigenvalue weighted by Gasteiger charge is 2.26. The molecule has 0 aromatic carbocycles. The molecular formula is C17H27N3O3. The van der Waals surface area contributed by atoms with Gasteiger partial charge in [0.05, 0.1) is 0 Å². The molecule has 1 heterocycles. The molecule has 6 heteroatoms. The van der Waals surface area contributed by atoms with Gasteiger partial charge in [-0.25, -0.2) is 4.79 Å². The van der Waals surface area contributed by atoms with Crippen molar-refractivity contribution in [1.29, 1.82) is 0 Å². The molecule has 128 valence electrons. The maximum Gasteiger partial charge on any atom is 0.408 e. The van der Waals surface area contributed by atoms with E-state index in [1.165, 1.54) is 0 Å². The first-order valence-electron chi connectivity index (χ1n) is 7.85. The second-order valence-electron chi connectivity index (χ2n) is 6.77. The average molecular weight is 321 g/mol. The van der Waals surface area contributed by atoms with Crippen LogP contribution in [0.3, 0.4) is 0 Å². The monoisotopic (exact) mass is 321 g/mol. The highest BCUT2D eigenvalue weighted by molar-refractivity contribution is 5.85. The molecule has 6 nitrogen and oxygen atoms in total. The molecule has 1 aromatic heterocycles. The van der Waals surface area contributed by atoms with Crippen molar-refractivity contribution in [2.45, 2.75) is 52.7 Å². The van der Waals surface area contributed by atoms with Crippen LogP contribution in [0.1, 0.15) is 40.2 Å². The Balaban J connectivity index is 2.49. The van der Waals surface area contributed by atoms with E-state index in [1.807, 2.05) is 26.0 Å². The highest BCUT2D eigenvalue weighted by atomic mass is 16.6. The van der Waals surface area contributed by atoms with Gasteiger partial charge in [0, 0.05) is 18.9 Å². The number of hydrogen-bond acceptors (Lipinski definition) is 4. The Labute approximate surface area is 138 Å². The van der Waals surface area contributed by atoms with Crippen LogP contribution < -0.4 is 10.6 Å². The molecule has 0 spiro atoms. The van der Waals surface area contributed by atoms with Crippen molar-refractivity contribution in [3.8, 4) is 0 Å². The Bertz CT molecular complexity index is 510. The number of pyridine rings is 1. The molecular weight excluding hydrogens is 294 g/mol. The van der Waals surface area contributed by atoms with Gasteiger partial charge in [-0.05, 0) is 44.7 Å². The van der Waals surface area contributed by atoms with Crippen LogP contribution in [0.4, 0.5) is 4.79 Å². The van der Waals surface area contributed by atoms with Gasteiger partial charge in [0.2, 0.25) is 5.91 Å². The Morgan fingerprint density at radius 1 is 1.30 bits per heavy atom. The van der Waals surface area contributed by atoms with Crippen LogP contribution >= 0.6 is 0 Å². The largest absolute Gasteiger partial charge is 0.444 e. The van der Waals surface area contributed by atoms with Crippen molar-refractivity contribution in [3.63, 3.8) is 0 Å². The minimum Gasteiger partial charge on any atom is -0.444 e. The third-order valence-electron chi connectivity index (χ3n) is 3.06. The van der Waals surface area contributed by atoms with Gasteiger partial charge in [-0.15, -0.1) is 0 Å². The number of aromatic nitrogens is 1. The summed E-state index contributed by atoms with van der Waals surface area (Å²) in [5.74, 6) is -0.254. The summed E-state index contributed by atoms with van der Waals surface area (Å²) in [4.78, 5) is 28.2. The lowest BCUT2D eigenvalue weighted by Crippen LogP contribution is -2.51. The van der Waals surface area contributed by atoms with Crippen LogP contribution in [0.25, 0.3) is 0 Å². The van der Waals surface area contributed by atoms with Crippen molar-refractivity contribution in [3.05, 3.63) is 30.1 Å². The molecule has 0 saturated heterocycles. The summed E-state index contributed by atoms with van der Waals surface area (Å²) in [6.45, 7) is 9.59. The Morgan fingerprint density at radius 2 is 2.00 bits per heavy atom. The summed E-state index contributed by atoms with van der Waals surface area (Å²) in [6, 6.07) is 3.19. The normalized spacial score (nSPS) is 12.6. The molecule has 2 N–H and O–H groups in total. The van der Waals surface area contributed by atoms with Crippen LogP contribution in [0.15, 0.2) is 24.5 Å².